The molecule has 0 N–H and O–H groups in total. The molecule has 1 atom stereocenters. The van der Waals surface area contributed by atoms with Crippen LogP contribution in [0.25, 0.3) is 10.9 Å². The average molecular weight is 304 g/mol. The van der Waals surface area contributed by atoms with E-state index in [0.717, 1.165) is 30.0 Å². The van der Waals surface area contributed by atoms with E-state index in [4.69, 9.17) is 16.6 Å². The van der Waals surface area contributed by atoms with E-state index < -0.39 is 0 Å². The normalized spacial score (nSPS) is 18.9. The predicted molar refractivity (Wildman–Crippen MR) is 90.2 cm³/mol. The molecule has 0 saturated carbocycles. The molecule has 1 aliphatic rings. The van der Waals surface area contributed by atoms with E-state index in [1.807, 2.05) is 12.1 Å². The summed E-state index contributed by atoms with van der Waals surface area (Å²) < 4.78 is 0. The van der Waals surface area contributed by atoms with Crippen molar-refractivity contribution in [3.63, 3.8) is 0 Å². The first-order valence-corrected chi connectivity index (χ1v) is 8.08. The molecule has 1 aromatic heterocycles. The monoisotopic (exact) mass is 303 g/mol. The number of benzene rings is 1. The summed E-state index contributed by atoms with van der Waals surface area (Å²) in [5, 5.41) is 1.17. The van der Waals surface area contributed by atoms with Crippen molar-refractivity contribution >= 4 is 28.3 Å². The van der Waals surface area contributed by atoms with Crippen LogP contribution in [0.3, 0.4) is 0 Å². The molecular formula is C17H22ClN3. The van der Waals surface area contributed by atoms with Crippen LogP contribution in [-0.4, -0.2) is 43.1 Å². The largest absolute Gasteiger partial charge is 0.352 e. The first kappa shape index (κ1) is 14.6. The van der Waals surface area contributed by atoms with Gasteiger partial charge in [-0.15, -0.1) is 11.6 Å². The van der Waals surface area contributed by atoms with Gasteiger partial charge in [0, 0.05) is 30.1 Å². The molecule has 2 aromatic rings. The van der Waals surface area contributed by atoms with Crippen LogP contribution in [-0.2, 0) is 5.88 Å². The smallest absolute Gasteiger partial charge is 0.134 e. The third kappa shape index (κ3) is 2.99. The van der Waals surface area contributed by atoms with Gasteiger partial charge in [0.15, 0.2) is 0 Å². The third-order valence-corrected chi connectivity index (χ3v) is 4.44. The van der Waals surface area contributed by atoms with Crippen LogP contribution in [0.4, 0.5) is 5.82 Å². The highest BCUT2D eigenvalue weighted by molar-refractivity contribution is 6.17. The molecule has 0 radical (unpaired) electrons. The molecule has 1 aromatic carbocycles. The van der Waals surface area contributed by atoms with Gasteiger partial charge in [-0.3, -0.25) is 0 Å². The second-order valence-corrected chi connectivity index (χ2v) is 6.32. The van der Waals surface area contributed by atoms with Gasteiger partial charge in [-0.05, 0) is 39.1 Å². The van der Waals surface area contributed by atoms with Gasteiger partial charge in [-0.1, -0.05) is 18.2 Å². The van der Waals surface area contributed by atoms with Crippen molar-refractivity contribution in [3.05, 3.63) is 35.9 Å². The summed E-state index contributed by atoms with van der Waals surface area (Å²) in [4.78, 5) is 9.61. The fraction of sp³-hybridized carbons (Fsp3) is 0.471. The van der Waals surface area contributed by atoms with Crippen molar-refractivity contribution in [2.24, 2.45) is 0 Å². The molecule has 1 aliphatic heterocycles. The van der Waals surface area contributed by atoms with Crippen LogP contribution < -0.4 is 4.90 Å². The third-order valence-electron chi connectivity index (χ3n) is 4.15. The van der Waals surface area contributed by atoms with Crippen LogP contribution >= 0.6 is 11.6 Å². The van der Waals surface area contributed by atoms with Gasteiger partial charge in [-0.2, -0.15) is 0 Å². The molecule has 1 fully saturated rings. The second-order valence-electron chi connectivity index (χ2n) is 6.05. The standard InChI is InChI=1S/C17H22ClN3/c1-20(2)12-15-7-5-9-21(15)17-14(11-18)10-13-6-3-4-8-16(13)19-17/h3-4,6,8,10,15H,5,7,9,11-12H2,1-2H3. The number of rotatable bonds is 4. The zero-order valence-corrected chi connectivity index (χ0v) is 13.5. The van der Waals surface area contributed by atoms with Crippen LogP contribution in [0.1, 0.15) is 18.4 Å². The van der Waals surface area contributed by atoms with Gasteiger partial charge in [0.1, 0.15) is 5.82 Å². The zero-order valence-electron chi connectivity index (χ0n) is 12.7. The van der Waals surface area contributed by atoms with E-state index in [9.17, 15) is 0 Å². The Morgan fingerprint density at radius 2 is 2.14 bits per heavy atom. The van der Waals surface area contributed by atoms with Crippen LogP contribution in [0, 0.1) is 0 Å². The lowest BCUT2D eigenvalue weighted by molar-refractivity contribution is 0.371. The quantitative estimate of drug-likeness (QED) is 0.806. The van der Waals surface area contributed by atoms with Gasteiger partial charge in [0.05, 0.1) is 11.4 Å². The average Bonchev–Trinajstić information content (AvgIpc) is 2.93. The van der Waals surface area contributed by atoms with E-state index in [2.05, 4.69) is 42.1 Å². The van der Waals surface area contributed by atoms with Crippen molar-refractivity contribution in [2.75, 3.05) is 32.1 Å². The molecule has 0 bridgehead atoms. The maximum atomic E-state index is 6.19. The molecule has 3 nitrogen and oxygen atoms in total. The van der Waals surface area contributed by atoms with E-state index in [1.165, 1.54) is 18.2 Å². The van der Waals surface area contributed by atoms with Crippen molar-refractivity contribution < 1.29 is 0 Å². The van der Waals surface area contributed by atoms with Gasteiger partial charge < -0.3 is 9.80 Å². The highest BCUT2D eigenvalue weighted by Gasteiger charge is 2.27. The Morgan fingerprint density at radius 1 is 1.33 bits per heavy atom. The molecule has 1 unspecified atom stereocenters. The van der Waals surface area contributed by atoms with Gasteiger partial charge in [0.25, 0.3) is 0 Å². The molecular weight excluding hydrogens is 282 g/mol. The number of likely N-dealkylation sites (N-methyl/N-ethyl adjacent to an activating group) is 1. The number of alkyl halides is 1. The van der Waals surface area contributed by atoms with Crippen molar-refractivity contribution in [1.82, 2.24) is 9.88 Å². The molecule has 2 heterocycles. The first-order chi connectivity index (χ1) is 10.2. The Morgan fingerprint density at radius 3 is 2.90 bits per heavy atom. The van der Waals surface area contributed by atoms with Crippen LogP contribution in [0.2, 0.25) is 0 Å². The summed E-state index contributed by atoms with van der Waals surface area (Å²) in [7, 11) is 4.26. The Bertz CT molecular complexity index is 626. The maximum Gasteiger partial charge on any atom is 0.134 e. The molecule has 1 saturated heterocycles. The number of nitrogens with zero attached hydrogens (tertiary/aromatic N) is 3. The molecule has 0 amide bonds. The number of anilines is 1. The molecule has 0 spiro atoms. The molecule has 112 valence electrons. The predicted octanol–water partition coefficient (Wildman–Crippen LogP) is 3.50. The first-order valence-electron chi connectivity index (χ1n) is 7.55. The van der Waals surface area contributed by atoms with Crippen LogP contribution in [0.5, 0.6) is 0 Å². The van der Waals surface area contributed by atoms with Gasteiger partial charge in [-0.25, -0.2) is 4.98 Å². The summed E-state index contributed by atoms with van der Waals surface area (Å²) in [6.45, 7) is 2.14. The maximum absolute atomic E-state index is 6.19. The summed E-state index contributed by atoms with van der Waals surface area (Å²) in [5.74, 6) is 1.59. The lowest BCUT2D eigenvalue weighted by Crippen LogP contribution is -2.38. The highest BCUT2D eigenvalue weighted by Crippen LogP contribution is 2.30. The summed E-state index contributed by atoms with van der Waals surface area (Å²) in [6, 6.07) is 11.0. The lowest BCUT2D eigenvalue weighted by Gasteiger charge is -2.29. The SMILES string of the molecule is CN(C)CC1CCCN1c1nc2ccccc2cc1CCl. The lowest BCUT2D eigenvalue weighted by atomic mass is 10.1. The minimum atomic E-state index is 0.512. The fourth-order valence-electron chi connectivity index (χ4n) is 3.22. The number of aromatic nitrogens is 1. The summed E-state index contributed by atoms with van der Waals surface area (Å²) in [6.07, 6.45) is 2.46. The second kappa shape index (κ2) is 6.20. The minimum Gasteiger partial charge on any atom is -0.352 e. The number of hydrogen-bond donors (Lipinski definition) is 0. The number of fused-ring (bicyclic) bond motifs is 1. The molecule has 4 heteroatoms. The van der Waals surface area contributed by atoms with Gasteiger partial charge >= 0.3 is 0 Å². The number of pyridine rings is 1. The molecule has 21 heavy (non-hydrogen) atoms. The van der Waals surface area contributed by atoms with E-state index in [-0.39, 0.29) is 0 Å². The Labute approximate surface area is 131 Å². The van der Waals surface area contributed by atoms with Crippen LogP contribution in [0.15, 0.2) is 30.3 Å². The minimum absolute atomic E-state index is 0.512. The Hall–Kier alpha value is -1.32. The zero-order chi connectivity index (χ0) is 14.8. The topological polar surface area (TPSA) is 19.4 Å². The van der Waals surface area contributed by atoms with E-state index in [1.54, 1.807) is 0 Å². The number of halogens is 1. The van der Waals surface area contributed by atoms with Crippen molar-refractivity contribution in [2.45, 2.75) is 24.8 Å². The van der Waals surface area contributed by atoms with Gasteiger partial charge in [0.2, 0.25) is 0 Å². The summed E-state index contributed by atoms with van der Waals surface area (Å²) in [5.41, 5.74) is 2.19. The summed E-state index contributed by atoms with van der Waals surface area (Å²) >= 11 is 6.19. The molecule has 0 aliphatic carbocycles. The van der Waals surface area contributed by atoms with Crippen molar-refractivity contribution in [1.29, 1.82) is 0 Å². The van der Waals surface area contributed by atoms with E-state index in [0.29, 0.717) is 11.9 Å². The van der Waals surface area contributed by atoms with Crippen molar-refractivity contribution in [3.8, 4) is 0 Å². The van der Waals surface area contributed by atoms with E-state index >= 15 is 0 Å². The highest BCUT2D eigenvalue weighted by atomic mass is 35.5. The number of hydrogen-bond acceptors (Lipinski definition) is 3. The Balaban J connectivity index is 2.01. The molecule has 3 rings (SSSR count). The number of para-hydroxylation sites is 1. The fourth-order valence-corrected chi connectivity index (χ4v) is 3.42. The Kier molecular flexibility index (Phi) is 4.32.